The van der Waals surface area contributed by atoms with E-state index in [-0.39, 0.29) is 29.8 Å². The van der Waals surface area contributed by atoms with Crippen molar-refractivity contribution in [3.63, 3.8) is 0 Å². The number of benzene rings is 1. The number of carbonyl (C=O) groups is 1. The van der Waals surface area contributed by atoms with E-state index in [2.05, 4.69) is 49.5 Å². The lowest BCUT2D eigenvalue weighted by molar-refractivity contribution is -0.128. The predicted octanol–water partition coefficient (Wildman–Crippen LogP) is 3.87. The third kappa shape index (κ3) is 4.95. The molecule has 3 N–H and O–H groups in total. The molecule has 1 fully saturated rings. The van der Waals surface area contributed by atoms with Crippen LogP contribution < -0.4 is 11.1 Å². The zero-order chi connectivity index (χ0) is 16.2. The van der Waals surface area contributed by atoms with Gasteiger partial charge in [0.15, 0.2) is 0 Å². The molecule has 4 heteroatoms. The first-order chi connectivity index (χ1) is 10.5. The molecule has 3 nitrogen and oxygen atoms in total. The van der Waals surface area contributed by atoms with Crippen LogP contribution in [0.1, 0.15) is 57.9 Å². The Morgan fingerprint density at radius 2 is 1.78 bits per heavy atom. The number of halogens is 1. The summed E-state index contributed by atoms with van der Waals surface area (Å²) in [6, 6.07) is 10.7. The first-order valence-corrected chi connectivity index (χ1v) is 8.53. The number of nitrogens with two attached hydrogens (primary N) is 1. The maximum absolute atomic E-state index is 12.6. The smallest absolute Gasteiger partial charge is 0.223 e. The molecule has 1 atom stereocenters. The summed E-state index contributed by atoms with van der Waals surface area (Å²) in [5.41, 5.74) is 6.98. The average molecular weight is 339 g/mol. The molecule has 1 saturated carbocycles. The summed E-state index contributed by atoms with van der Waals surface area (Å²) in [6.45, 7) is 6.75. The highest BCUT2D eigenvalue weighted by Gasteiger charge is 2.33. The van der Waals surface area contributed by atoms with E-state index in [4.69, 9.17) is 5.73 Å². The van der Waals surface area contributed by atoms with Crippen molar-refractivity contribution in [1.82, 2.24) is 5.32 Å². The van der Waals surface area contributed by atoms with E-state index in [9.17, 15) is 4.79 Å². The fraction of sp³-hybridized carbons (Fsp3) is 0.632. The molecule has 1 unspecified atom stereocenters. The Kier molecular flexibility index (Phi) is 7.56. The molecular formula is C19H31ClN2O. The van der Waals surface area contributed by atoms with Gasteiger partial charge in [0.05, 0.1) is 5.54 Å². The highest BCUT2D eigenvalue weighted by Crippen LogP contribution is 2.36. The van der Waals surface area contributed by atoms with Crippen LogP contribution in [0.3, 0.4) is 0 Å². The Labute approximate surface area is 146 Å². The van der Waals surface area contributed by atoms with Gasteiger partial charge in [-0.3, -0.25) is 4.79 Å². The van der Waals surface area contributed by atoms with Gasteiger partial charge in [-0.2, -0.15) is 0 Å². The Morgan fingerprint density at radius 1 is 1.22 bits per heavy atom. The van der Waals surface area contributed by atoms with Crippen molar-refractivity contribution in [3.8, 4) is 0 Å². The molecule has 1 amide bonds. The SMILES string of the molecule is CC(C)C(C)(CN)NC(=O)C1CCC(c2ccccc2)CC1.Cl. The normalized spacial score (nSPS) is 23.7. The van der Waals surface area contributed by atoms with Crippen molar-refractivity contribution >= 4 is 18.3 Å². The van der Waals surface area contributed by atoms with Gasteiger partial charge in [-0.25, -0.2) is 0 Å². The number of hydrogen-bond donors (Lipinski definition) is 2. The summed E-state index contributed by atoms with van der Waals surface area (Å²) >= 11 is 0. The molecule has 0 heterocycles. The number of hydrogen-bond acceptors (Lipinski definition) is 2. The first-order valence-electron chi connectivity index (χ1n) is 8.53. The molecule has 23 heavy (non-hydrogen) atoms. The molecule has 1 aliphatic rings. The molecule has 0 bridgehead atoms. The lowest BCUT2D eigenvalue weighted by Gasteiger charge is -2.36. The summed E-state index contributed by atoms with van der Waals surface area (Å²) in [5.74, 6) is 1.27. The molecule has 0 spiro atoms. The minimum absolute atomic E-state index is 0. The van der Waals surface area contributed by atoms with Crippen molar-refractivity contribution < 1.29 is 4.79 Å². The molecule has 0 aromatic heterocycles. The van der Waals surface area contributed by atoms with E-state index in [0.717, 1.165) is 25.7 Å². The average Bonchev–Trinajstić information content (AvgIpc) is 2.55. The molecule has 130 valence electrons. The third-order valence-electron chi connectivity index (χ3n) is 5.48. The highest BCUT2D eigenvalue weighted by atomic mass is 35.5. The van der Waals surface area contributed by atoms with Crippen LogP contribution in [-0.4, -0.2) is 18.0 Å². The van der Waals surface area contributed by atoms with Gasteiger partial charge in [-0.05, 0) is 50.0 Å². The first kappa shape index (κ1) is 20.0. The minimum atomic E-state index is -0.298. The monoisotopic (exact) mass is 338 g/mol. The molecule has 0 radical (unpaired) electrons. The third-order valence-corrected chi connectivity index (χ3v) is 5.48. The van der Waals surface area contributed by atoms with Crippen molar-refractivity contribution in [1.29, 1.82) is 0 Å². The second-order valence-electron chi connectivity index (χ2n) is 7.22. The summed E-state index contributed by atoms with van der Waals surface area (Å²) < 4.78 is 0. The number of rotatable bonds is 5. The maximum Gasteiger partial charge on any atom is 0.223 e. The van der Waals surface area contributed by atoms with Crippen LogP contribution in [0.2, 0.25) is 0 Å². The van der Waals surface area contributed by atoms with Crippen LogP contribution in [0, 0.1) is 11.8 Å². The van der Waals surface area contributed by atoms with E-state index >= 15 is 0 Å². The van der Waals surface area contributed by atoms with Gasteiger partial charge in [0.25, 0.3) is 0 Å². The summed E-state index contributed by atoms with van der Waals surface area (Å²) in [5, 5.41) is 3.20. The van der Waals surface area contributed by atoms with Crippen molar-refractivity contribution in [2.45, 2.75) is 57.9 Å². The zero-order valence-corrected chi connectivity index (χ0v) is 15.4. The minimum Gasteiger partial charge on any atom is -0.349 e. The topological polar surface area (TPSA) is 55.1 Å². The van der Waals surface area contributed by atoms with Crippen molar-refractivity contribution in [3.05, 3.63) is 35.9 Å². The van der Waals surface area contributed by atoms with Gasteiger partial charge in [0, 0.05) is 12.5 Å². The molecule has 2 rings (SSSR count). The number of nitrogens with one attached hydrogen (secondary N) is 1. The summed E-state index contributed by atoms with van der Waals surface area (Å²) in [6.07, 6.45) is 4.15. The number of amides is 1. The van der Waals surface area contributed by atoms with E-state index in [1.54, 1.807) is 0 Å². The maximum atomic E-state index is 12.6. The van der Waals surface area contributed by atoms with Gasteiger partial charge in [0.1, 0.15) is 0 Å². The van der Waals surface area contributed by atoms with E-state index < -0.39 is 0 Å². The number of carbonyl (C=O) groups excluding carboxylic acids is 1. The van der Waals surface area contributed by atoms with Gasteiger partial charge < -0.3 is 11.1 Å². The molecule has 1 aliphatic carbocycles. The summed E-state index contributed by atoms with van der Waals surface area (Å²) in [7, 11) is 0. The molecule has 1 aromatic rings. The van der Waals surface area contributed by atoms with Gasteiger partial charge >= 0.3 is 0 Å². The van der Waals surface area contributed by atoms with Crippen LogP contribution in [0.25, 0.3) is 0 Å². The van der Waals surface area contributed by atoms with Crippen LogP contribution in [0.4, 0.5) is 0 Å². The van der Waals surface area contributed by atoms with Crippen LogP contribution in [0.5, 0.6) is 0 Å². The van der Waals surface area contributed by atoms with E-state index in [1.807, 2.05) is 6.92 Å². The molecule has 1 aromatic carbocycles. The van der Waals surface area contributed by atoms with Crippen molar-refractivity contribution in [2.75, 3.05) is 6.54 Å². The fourth-order valence-electron chi connectivity index (χ4n) is 3.23. The molecule has 0 saturated heterocycles. The van der Waals surface area contributed by atoms with Gasteiger partial charge in [-0.15, -0.1) is 12.4 Å². The predicted molar refractivity (Wildman–Crippen MR) is 98.8 cm³/mol. The van der Waals surface area contributed by atoms with Crippen LogP contribution in [0.15, 0.2) is 30.3 Å². The van der Waals surface area contributed by atoms with Crippen LogP contribution >= 0.6 is 12.4 Å². The second-order valence-corrected chi connectivity index (χ2v) is 7.22. The lowest BCUT2D eigenvalue weighted by Crippen LogP contribution is -2.56. The van der Waals surface area contributed by atoms with E-state index in [1.165, 1.54) is 5.56 Å². The van der Waals surface area contributed by atoms with Gasteiger partial charge in [0.2, 0.25) is 5.91 Å². The lowest BCUT2D eigenvalue weighted by atomic mass is 9.78. The summed E-state index contributed by atoms with van der Waals surface area (Å²) in [4.78, 5) is 12.6. The quantitative estimate of drug-likeness (QED) is 0.856. The standard InChI is InChI=1S/C19H30N2O.ClH/c1-14(2)19(3,13-20)21-18(22)17-11-9-16(10-12-17)15-7-5-4-6-8-15;/h4-8,14,16-17H,9-13,20H2,1-3H3,(H,21,22);1H. The molecular weight excluding hydrogens is 308 g/mol. The Bertz CT molecular complexity index is 483. The van der Waals surface area contributed by atoms with Gasteiger partial charge in [-0.1, -0.05) is 44.2 Å². The second kappa shape index (κ2) is 8.70. The van der Waals surface area contributed by atoms with E-state index in [0.29, 0.717) is 18.4 Å². The fourth-order valence-corrected chi connectivity index (χ4v) is 3.23. The zero-order valence-electron chi connectivity index (χ0n) is 14.5. The molecule has 0 aliphatic heterocycles. The Hall–Kier alpha value is -1.06. The Morgan fingerprint density at radius 3 is 2.26 bits per heavy atom. The van der Waals surface area contributed by atoms with Crippen molar-refractivity contribution in [2.24, 2.45) is 17.6 Å². The van der Waals surface area contributed by atoms with Crippen LogP contribution in [-0.2, 0) is 4.79 Å². The Balaban J connectivity index is 0.00000264. The largest absolute Gasteiger partial charge is 0.349 e. The highest BCUT2D eigenvalue weighted by molar-refractivity contribution is 5.85.